The Morgan fingerprint density at radius 2 is 1.68 bits per heavy atom. The number of hydrogen-bond acceptors (Lipinski definition) is 3. The van der Waals surface area contributed by atoms with Crippen molar-refractivity contribution in [3.8, 4) is 0 Å². The van der Waals surface area contributed by atoms with Gasteiger partial charge in [0.1, 0.15) is 0 Å². The van der Waals surface area contributed by atoms with E-state index in [2.05, 4.69) is 15.3 Å². The Kier molecular flexibility index (Phi) is 4.19. The van der Waals surface area contributed by atoms with Crippen molar-refractivity contribution in [2.24, 2.45) is 0 Å². The molecule has 2 N–H and O–H groups in total. The van der Waals surface area contributed by atoms with E-state index in [-0.39, 0.29) is 16.5 Å². The fourth-order valence-electron chi connectivity index (χ4n) is 1.97. The van der Waals surface area contributed by atoms with Crippen molar-refractivity contribution in [1.29, 1.82) is 0 Å². The summed E-state index contributed by atoms with van der Waals surface area (Å²) in [6.45, 7) is 0. The highest BCUT2D eigenvalue weighted by atomic mass is 35.5. The largest absolute Gasteiger partial charge is 0.326 e. The minimum absolute atomic E-state index is 0.208. The molecule has 0 fully saturated rings. The fourth-order valence-corrected chi connectivity index (χ4v) is 2.85. The number of halogens is 4. The van der Waals surface area contributed by atoms with Crippen LogP contribution >= 0.6 is 46.4 Å². The summed E-state index contributed by atoms with van der Waals surface area (Å²) in [5.41, 5.74) is 0.561. The highest BCUT2D eigenvalue weighted by Crippen LogP contribution is 2.29. The normalized spacial score (nSPS) is 10.9. The molecule has 22 heavy (non-hydrogen) atoms. The maximum absolute atomic E-state index is 12.1. The van der Waals surface area contributed by atoms with Crippen LogP contribution in [0.5, 0.6) is 0 Å². The van der Waals surface area contributed by atoms with Crippen LogP contribution in [0.1, 0.15) is 0 Å². The zero-order valence-corrected chi connectivity index (χ0v) is 13.8. The van der Waals surface area contributed by atoms with Gasteiger partial charge in [-0.05, 0) is 30.3 Å². The van der Waals surface area contributed by atoms with E-state index in [0.717, 1.165) is 0 Å². The number of fused-ring (bicyclic) bond motifs is 1. The summed E-state index contributed by atoms with van der Waals surface area (Å²) in [7, 11) is 0. The Morgan fingerprint density at radius 3 is 2.36 bits per heavy atom. The Morgan fingerprint density at radius 1 is 1.00 bits per heavy atom. The zero-order valence-electron chi connectivity index (χ0n) is 10.8. The van der Waals surface area contributed by atoms with Gasteiger partial charge in [0.2, 0.25) is 5.95 Å². The van der Waals surface area contributed by atoms with Crippen LogP contribution in [0.3, 0.4) is 0 Å². The van der Waals surface area contributed by atoms with Gasteiger partial charge in [-0.2, -0.15) is 0 Å². The predicted molar refractivity (Wildman–Crippen MR) is 92.1 cm³/mol. The number of nitrogens with zero attached hydrogens (tertiary/aromatic N) is 1. The van der Waals surface area contributed by atoms with Crippen LogP contribution in [-0.2, 0) is 0 Å². The third-order valence-corrected chi connectivity index (χ3v) is 4.13. The molecule has 2 aromatic carbocycles. The first-order valence-corrected chi connectivity index (χ1v) is 7.56. The quantitative estimate of drug-likeness (QED) is 0.641. The molecular formula is C14H7Cl4N3O. The smallest absolute Gasteiger partial charge is 0.260 e. The van der Waals surface area contributed by atoms with Crippen LogP contribution in [0.2, 0.25) is 20.1 Å². The van der Waals surface area contributed by atoms with Crippen LogP contribution in [0.25, 0.3) is 10.9 Å². The molecule has 3 aromatic rings. The van der Waals surface area contributed by atoms with Crippen molar-refractivity contribution in [3.05, 3.63) is 60.8 Å². The maximum Gasteiger partial charge on any atom is 0.260 e. The zero-order chi connectivity index (χ0) is 15.9. The Balaban J connectivity index is 2.12. The summed E-state index contributed by atoms with van der Waals surface area (Å²) in [4.78, 5) is 19.0. The molecule has 0 bridgehead atoms. The van der Waals surface area contributed by atoms with E-state index < -0.39 is 0 Å². The van der Waals surface area contributed by atoms with Gasteiger partial charge in [0, 0.05) is 15.7 Å². The van der Waals surface area contributed by atoms with Gasteiger partial charge >= 0.3 is 0 Å². The summed E-state index contributed by atoms with van der Waals surface area (Å²) in [5.74, 6) is 0.208. The number of hydrogen-bond donors (Lipinski definition) is 2. The van der Waals surface area contributed by atoms with Gasteiger partial charge in [0.05, 0.1) is 20.9 Å². The monoisotopic (exact) mass is 373 g/mol. The Hall–Kier alpha value is -1.46. The highest BCUT2D eigenvalue weighted by Gasteiger charge is 2.10. The number of benzene rings is 2. The molecule has 0 saturated heterocycles. The Bertz CT molecular complexity index is 919. The van der Waals surface area contributed by atoms with E-state index in [0.29, 0.717) is 31.7 Å². The molecule has 0 amide bonds. The summed E-state index contributed by atoms with van der Waals surface area (Å²) >= 11 is 23.9. The van der Waals surface area contributed by atoms with E-state index in [1.807, 2.05) is 0 Å². The highest BCUT2D eigenvalue weighted by molar-refractivity contribution is 6.45. The van der Waals surface area contributed by atoms with Crippen LogP contribution in [-0.4, -0.2) is 9.97 Å². The van der Waals surface area contributed by atoms with Crippen LogP contribution in [0.15, 0.2) is 35.1 Å². The minimum Gasteiger partial charge on any atom is -0.326 e. The molecular weight excluding hydrogens is 368 g/mol. The number of nitrogens with one attached hydrogen (secondary N) is 2. The fraction of sp³-hybridized carbons (Fsp3) is 0. The average molecular weight is 375 g/mol. The maximum atomic E-state index is 12.1. The molecule has 1 heterocycles. The summed E-state index contributed by atoms with van der Waals surface area (Å²) in [5, 5.41) is 4.74. The predicted octanol–water partition coefficient (Wildman–Crippen LogP) is 5.28. The minimum atomic E-state index is -0.334. The molecule has 0 aliphatic carbocycles. The third kappa shape index (κ3) is 3.01. The molecule has 0 spiro atoms. The number of H-pyrrole nitrogens is 1. The van der Waals surface area contributed by atoms with Crippen molar-refractivity contribution in [3.63, 3.8) is 0 Å². The average Bonchev–Trinajstić information content (AvgIpc) is 2.42. The molecule has 1 aromatic heterocycles. The van der Waals surface area contributed by atoms with Gasteiger partial charge in [-0.1, -0.05) is 46.4 Å². The van der Waals surface area contributed by atoms with E-state index in [1.54, 1.807) is 30.3 Å². The lowest BCUT2D eigenvalue weighted by Gasteiger charge is -2.08. The second-order valence-electron chi connectivity index (χ2n) is 4.46. The van der Waals surface area contributed by atoms with Gasteiger partial charge in [0.25, 0.3) is 5.56 Å². The molecule has 8 heteroatoms. The van der Waals surface area contributed by atoms with E-state index in [9.17, 15) is 4.79 Å². The van der Waals surface area contributed by atoms with E-state index >= 15 is 0 Å². The van der Waals surface area contributed by atoms with Gasteiger partial charge in [-0.15, -0.1) is 0 Å². The number of aromatic amines is 1. The molecule has 0 aliphatic heterocycles. The first-order chi connectivity index (χ1) is 10.4. The van der Waals surface area contributed by atoms with E-state index in [4.69, 9.17) is 46.4 Å². The molecule has 4 nitrogen and oxygen atoms in total. The summed E-state index contributed by atoms with van der Waals surface area (Å²) < 4.78 is 0. The molecule has 0 atom stereocenters. The summed E-state index contributed by atoms with van der Waals surface area (Å²) in [6.07, 6.45) is 0. The first kappa shape index (κ1) is 15.4. The molecule has 3 rings (SSSR count). The van der Waals surface area contributed by atoms with Gasteiger partial charge < -0.3 is 5.32 Å². The second-order valence-corrected chi connectivity index (χ2v) is 6.11. The molecule has 0 aliphatic rings. The topological polar surface area (TPSA) is 57.8 Å². The van der Waals surface area contributed by atoms with Crippen molar-refractivity contribution < 1.29 is 0 Å². The molecule has 0 radical (unpaired) electrons. The van der Waals surface area contributed by atoms with Gasteiger partial charge in [0.15, 0.2) is 0 Å². The van der Waals surface area contributed by atoms with Gasteiger partial charge in [-0.3, -0.25) is 9.78 Å². The number of anilines is 2. The van der Waals surface area contributed by atoms with Crippen molar-refractivity contribution in [2.75, 3.05) is 5.32 Å². The van der Waals surface area contributed by atoms with Crippen LogP contribution < -0.4 is 10.9 Å². The lowest BCUT2D eigenvalue weighted by Crippen LogP contribution is -2.11. The van der Waals surface area contributed by atoms with Crippen LogP contribution in [0, 0.1) is 0 Å². The SMILES string of the molecule is O=c1[nH]c(Nc2cc(Cl)cc(Cl)c2)nc2c(Cl)c(Cl)ccc12. The number of aromatic nitrogens is 2. The molecule has 0 unspecified atom stereocenters. The van der Waals surface area contributed by atoms with E-state index in [1.165, 1.54) is 0 Å². The third-order valence-electron chi connectivity index (χ3n) is 2.89. The van der Waals surface area contributed by atoms with Crippen LogP contribution in [0.4, 0.5) is 11.6 Å². The molecule has 0 saturated carbocycles. The Labute approximate surface area is 145 Å². The van der Waals surface area contributed by atoms with Crippen molar-refractivity contribution >= 4 is 68.9 Å². The lowest BCUT2D eigenvalue weighted by molar-refractivity contribution is 1.17. The van der Waals surface area contributed by atoms with Crippen molar-refractivity contribution in [2.45, 2.75) is 0 Å². The first-order valence-electron chi connectivity index (χ1n) is 6.05. The molecule has 112 valence electrons. The van der Waals surface area contributed by atoms with Crippen molar-refractivity contribution in [1.82, 2.24) is 9.97 Å². The number of rotatable bonds is 2. The standard InChI is InChI=1S/C14H7Cl4N3O/c15-6-3-7(16)5-8(4-6)19-14-20-12-9(13(22)21-14)1-2-10(17)11(12)18/h1-5H,(H2,19,20,21,22). The van der Waals surface area contributed by atoms with Gasteiger partial charge in [-0.25, -0.2) is 4.98 Å². The summed E-state index contributed by atoms with van der Waals surface area (Å²) in [6, 6.07) is 8.01. The second kappa shape index (κ2) is 5.97. The lowest BCUT2D eigenvalue weighted by atomic mass is 10.2.